The van der Waals surface area contributed by atoms with Gasteiger partial charge in [-0.05, 0) is 48.2 Å². The molecule has 1 heterocycles. The Hall–Kier alpha value is -2.88. The number of halogens is 4. The molecule has 0 aliphatic rings. The fourth-order valence-electron chi connectivity index (χ4n) is 2.19. The number of hydrogen-bond donors (Lipinski definition) is 0. The SMILES string of the molecule is COc1ccc(-c2nnc(SC(F)F)n2/N=C\c2c(F)cccc2F)cc1. The van der Waals surface area contributed by atoms with E-state index in [1.807, 2.05) is 0 Å². The predicted octanol–water partition coefficient (Wildman–Crippen LogP) is 4.43. The van der Waals surface area contributed by atoms with E-state index in [4.69, 9.17) is 4.74 Å². The van der Waals surface area contributed by atoms with Crippen LogP contribution in [0.2, 0.25) is 0 Å². The van der Waals surface area contributed by atoms with Crippen LogP contribution in [0.25, 0.3) is 11.4 Å². The lowest BCUT2D eigenvalue weighted by atomic mass is 10.2. The second-order valence-electron chi connectivity index (χ2n) is 5.10. The molecule has 0 saturated carbocycles. The number of benzene rings is 2. The molecule has 0 saturated heterocycles. The van der Waals surface area contributed by atoms with Gasteiger partial charge in [-0.15, -0.1) is 10.2 Å². The predicted molar refractivity (Wildman–Crippen MR) is 93.2 cm³/mol. The maximum Gasteiger partial charge on any atom is 0.291 e. The normalized spacial score (nSPS) is 11.5. The van der Waals surface area contributed by atoms with Crippen molar-refractivity contribution in [3.63, 3.8) is 0 Å². The van der Waals surface area contributed by atoms with E-state index in [1.54, 1.807) is 24.3 Å². The Balaban J connectivity index is 2.05. The van der Waals surface area contributed by atoms with Gasteiger partial charge in [0.15, 0.2) is 5.82 Å². The molecule has 0 radical (unpaired) electrons. The van der Waals surface area contributed by atoms with Gasteiger partial charge in [0.2, 0.25) is 5.16 Å². The molecule has 5 nitrogen and oxygen atoms in total. The summed E-state index contributed by atoms with van der Waals surface area (Å²) in [5.41, 5.74) is 0.107. The molecule has 1 aromatic heterocycles. The van der Waals surface area contributed by atoms with Gasteiger partial charge in [0, 0.05) is 5.56 Å². The zero-order valence-corrected chi connectivity index (χ0v) is 14.6. The minimum atomic E-state index is -2.77. The molecule has 3 rings (SSSR count). The fourth-order valence-corrected chi connectivity index (χ4v) is 2.67. The Bertz CT molecular complexity index is 940. The Morgan fingerprint density at radius 1 is 1.07 bits per heavy atom. The first-order valence-electron chi connectivity index (χ1n) is 7.52. The summed E-state index contributed by atoms with van der Waals surface area (Å²) in [6, 6.07) is 9.90. The van der Waals surface area contributed by atoms with E-state index in [-0.39, 0.29) is 22.7 Å². The number of rotatable bonds is 6. The molecule has 2 aromatic carbocycles. The summed E-state index contributed by atoms with van der Waals surface area (Å²) in [6.45, 7) is 0. The van der Waals surface area contributed by atoms with E-state index in [0.29, 0.717) is 11.3 Å². The molecule has 0 fully saturated rings. The van der Waals surface area contributed by atoms with Crippen LogP contribution in [0.1, 0.15) is 5.56 Å². The number of alkyl halides is 2. The second kappa shape index (κ2) is 8.21. The highest BCUT2D eigenvalue weighted by Gasteiger charge is 2.18. The van der Waals surface area contributed by atoms with E-state index in [9.17, 15) is 17.6 Å². The molecule has 0 aliphatic carbocycles. The first-order valence-corrected chi connectivity index (χ1v) is 8.40. The largest absolute Gasteiger partial charge is 0.497 e. The summed E-state index contributed by atoms with van der Waals surface area (Å²) in [4.78, 5) is 0. The standard InChI is InChI=1S/C17H12F4N4OS/c1-26-11-7-5-10(6-8-11)15-23-24-17(27-16(20)21)25(15)22-9-12-13(18)3-2-4-14(12)19/h2-9,16H,1H3/b22-9-. The number of nitrogens with zero attached hydrogens (tertiary/aromatic N) is 4. The van der Waals surface area contributed by atoms with E-state index >= 15 is 0 Å². The van der Waals surface area contributed by atoms with Crippen molar-refractivity contribution in [2.24, 2.45) is 5.10 Å². The minimum Gasteiger partial charge on any atom is -0.497 e. The van der Waals surface area contributed by atoms with Gasteiger partial charge in [-0.25, -0.2) is 8.78 Å². The molecule has 140 valence electrons. The monoisotopic (exact) mass is 396 g/mol. The maximum atomic E-state index is 13.8. The van der Waals surface area contributed by atoms with Crippen LogP contribution in [0.15, 0.2) is 52.7 Å². The summed E-state index contributed by atoms with van der Waals surface area (Å²) >= 11 is 0.122. The van der Waals surface area contributed by atoms with E-state index in [1.165, 1.54) is 13.2 Å². The number of ether oxygens (including phenoxy) is 1. The zero-order valence-electron chi connectivity index (χ0n) is 13.8. The van der Waals surface area contributed by atoms with Crippen molar-refractivity contribution < 1.29 is 22.3 Å². The molecule has 0 spiro atoms. The van der Waals surface area contributed by atoms with Crippen LogP contribution in [0, 0.1) is 11.6 Å². The van der Waals surface area contributed by atoms with Gasteiger partial charge in [-0.3, -0.25) is 0 Å². The van der Waals surface area contributed by atoms with Crippen molar-refractivity contribution in [3.8, 4) is 17.1 Å². The van der Waals surface area contributed by atoms with Crippen molar-refractivity contribution in [1.29, 1.82) is 0 Å². The fraction of sp³-hybridized carbons (Fsp3) is 0.118. The number of methoxy groups -OCH3 is 1. The van der Waals surface area contributed by atoms with Crippen molar-refractivity contribution in [2.75, 3.05) is 7.11 Å². The van der Waals surface area contributed by atoms with Crippen LogP contribution in [0.5, 0.6) is 5.75 Å². The molecule has 0 aliphatic heterocycles. The van der Waals surface area contributed by atoms with Crippen molar-refractivity contribution in [2.45, 2.75) is 10.9 Å². The van der Waals surface area contributed by atoms with Gasteiger partial charge in [-0.2, -0.15) is 18.6 Å². The first-order chi connectivity index (χ1) is 13.0. The highest BCUT2D eigenvalue weighted by Crippen LogP contribution is 2.28. The average molecular weight is 396 g/mol. The molecule has 0 amide bonds. The Kier molecular flexibility index (Phi) is 5.75. The lowest BCUT2D eigenvalue weighted by Gasteiger charge is -2.05. The summed E-state index contributed by atoms with van der Waals surface area (Å²) < 4.78 is 59.2. The first kappa shape index (κ1) is 18.9. The van der Waals surface area contributed by atoms with Gasteiger partial charge in [0.1, 0.15) is 17.4 Å². The molecule has 0 atom stereocenters. The maximum absolute atomic E-state index is 13.8. The third kappa shape index (κ3) is 4.27. The zero-order chi connectivity index (χ0) is 19.4. The highest BCUT2D eigenvalue weighted by atomic mass is 32.2. The van der Waals surface area contributed by atoms with Gasteiger partial charge < -0.3 is 4.74 Å². The number of hydrogen-bond acceptors (Lipinski definition) is 5. The van der Waals surface area contributed by atoms with E-state index in [0.717, 1.165) is 23.0 Å². The Morgan fingerprint density at radius 2 is 1.74 bits per heavy atom. The quantitative estimate of drug-likeness (QED) is 0.351. The summed E-state index contributed by atoms with van der Waals surface area (Å²) in [7, 11) is 1.50. The molecule has 10 heteroatoms. The third-order valence-corrected chi connectivity index (χ3v) is 4.10. The summed E-state index contributed by atoms with van der Waals surface area (Å²) in [5, 5.41) is 11.3. The van der Waals surface area contributed by atoms with Crippen LogP contribution in [0.3, 0.4) is 0 Å². The minimum absolute atomic E-state index is 0.122. The topological polar surface area (TPSA) is 52.3 Å². The van der Waals surface area contributed by atoms with Crippen LogP contribution in [0.4, 0.5) is 17.6 Å². The van der Waals surface area contributed by atoms with Crippen molar-refractivity contribution in [1.82, 2.24) is 14.9 Å². The molecule has 3 aromatic rings. The van der Waals surface area contributed by atoms with Gasteiger partial charge in [-0.1, -0.05) is 6.07 Å². The third-order valence-electron chi connectivity index (χ3n) is 3.46. The number of aromatic nitrogens is 3. The molecule has 0 bridgehead atoms. The van der Waals surface area contributed by atoms with Gasteiger partial charge >= 0.3 is 0 Å². The molecule has 27 heavy (non-hydrogen) atoms. The van der Waals surface area contributed by atoms with Crippen molar-refractivity contribution >= 4 is 18.0 Å². The van der Waals surface area contributed by atoms with E-state index < -0.39 is 23.0 Å². The van der Waals surface area contributed by atoms with Gasteiger partial charge in [0.25, 0.3) is 5.76 Å². The van der Waals surface area contributed by atoms with Gasteiger partial charge in [0.05, 0.1) is 18.9 Å². The van der Waals surface area contributed by atoms with E-state index in [2.05, 4.69) is 15.3 Å². The Morgan fingerprint density at radius 3 is 2.33 bits per heavy atom. The molecular formula is C17H12F4N4OS. The summed E-state index contributed by atoms with van der Waals surface area (Å²) in [5.74, 6) is -3.71. The smallest absolute Gasteiger partial charge is 0.291 e. The summed E-state index contributed by atoms with van der Waals surface area (Å²) in [6.07, 6.45) is 0.899. The molecule has 0 unspecified atom stereocenters. The van der Waals surface area contributed by atoms with Crippen LogP contribution >= 0.6 is 11.8 Å². The average Bonchev–Trinajstić information content (AvgIpc) is 3.03. The van der Waals surface area contributed by atoms with Crippen molar-refractivity contribution in [3.05, 3.63) is 59.7 Å². The van der Waals surface area contributed by atoms with Crippen LogP contribution in [-0.2, 0) is 0 Å². The highest BCUT2D eigenvalue weighted by molar-refractivity contribution is 7.99. The lowest BCUT2D eigenvalue weighted by Crippen LogP contribution is -2.00. The molecule has 0 N–H and O–H groups in total. The van der Waals surface area contributed by atoms with Crippen LogP contribution < -0.4 is 4.74 Å². The van der Waals surface area contributed by atoms with Crippen LogP contribution in [-0.4, -0.2) is 34.0 Å². The second-order valence-corrected chi connectivity index (χ2v) is 6.06. The Labute approximate surface area is 155 Å². The molecular weight excluding hydrogens is 384 g/mol. The lowest BCUT2D eigenvalue weighted by molar-refractivity contribution is 0.251. The number of thioether (sulfide) groups is 1.